The number of rotatable bonds is 2. The van der Waals surface area contributed by atoms with E-state index in [1.807, 2.05) is 6.07 Å². The second-order valence-electron chi connectivity index (χ2n) is 4.89. The number of aromatic nitrogens is 1. The van der Waals surface area contributed by atoms with Gasteiger partial charge in [0.2, 0.25) is 0 Å². The van der Waals surface area contributed by atoms with Crippen LogP contribution in [0.3, 0.4) is 0 Å². The summed E-state index contributed by atoms with van der Waals surface area (Å²) in [6, 6.07) is 6.15. The lowest BCUT2D eigenvalue weighted by Gasteiger charge is -2.21. The van der Waals surface area contributed by atoms with Crippen LogP contribution >= 0.6 is 15.9 Å². The average molecular weight is 308 g/mol. The summed E-state index contributed by atoms with van der Waals surface area (Å²) in [5, 5.41) is 10.2. The van der Waals surface area contributed by atoms with E-state index in [9.17, 15) is 4.79 Å². The Labute approximate surface area is 113 Å². The number of aromatic amines is 1. The van der Waals surface area contributed by atoms with Crippen LogP contribution in [0.2, 0.25) is 0 Å². The van der Waals surface area contributed by atoms with Crippen molar-refractivity contribution in [1.82, 2.24) is 4.98 Å². The summed E-state index contributed by atoms with van der Waals surface area (Å²) in [6.45, 7) is 0. The van der Waals surface area contributed by atoms with Crippen LogP contribution < -0.4 is 0 Å². The van der Waals surface area contributed by atoms with Crippen molar-refractivity contribution in [2.75, 3.05) is 0 Å². The fourth-order valence-corrected chi connectivity index (χ4v) is 3.35. The summed E-state index contributed by atoms with van der Waals surface area (Å²) in [5.74, 6) is -0.563. The number of halogens is 1. The van der Waals surface area contributed by atoms with E-state index in [1.54, 1.807) is 0 Å². The molecule has 1 aromatic heterocycles. The molecule has 0 spiro atoms. The lowest BCUT2D eigenvalue weighted by Crippen LogP contribution is -2.12. The normalized spacial score (nSPS) is 18.8. The van der Waals surface area contributed by atoms with Crippen molar-refractivity contribution in [2.45, 2.75) is 31.6 Å². The van der Waals surface area contributed by atoms with E-state index in [2.05, 4.69) is 33.0 Å². The van der Waals surface area contributed by atoms with Gasteiger partial charge in [-0.1, -0.05) is 15.9 Å². The fourth-order valence-electron chi connectivity index (χ4n) is 2.99. The number of aryl methyl sites for hydroxylation is 1. The molecule has 3 rings (SSSR count). The molecule has 0 aliphatic heterocycles. The van der Waals surface area contributed by atoms with E-state index < -0.39 is 5.97 Å². The van der Waals surface area contributed by atoms with Crippen LogP contribution in [0.5, 0.6) is 0 Å². The molecule has 0 bridgehead atoms. The zero-order valence-corrected chi connectivity index (χ0v) is 11.5. The van der Waals surface area contributed by atoms with Gasteiger partial charge >= 0.3 is 5.97 Å². The van der Waals surface area contributed by atoms with Crippen LogP contribution in [0.1, 0.15) is 36.4 Å². The molecule has 1 aliphatic rings. The molecular formula is C14H14BrNO2. The van der Waals surface area contributed by atoms with E-state index in [1.165, 1.54) is 16.6 Å². The van der Waals surface area contributed by atoms with Gasteiger partial charge in [0.25, 0.3) is 0 Å². The van der Waals surface area contributed by atoms with Crippen LogP contribution in [0.4, 0.5) is 0 Å². The van der Waals surface area contributed by atoms with Crippen molar-refractivity contribution < 1.29 is 9.90 Å². The maximum absolute atomic E-state index is 11.0. The highest BCUT2D eigenvalue weighted by Gasteiger charge is 2.26. The lowest BCUT2D eigenvalue weighted by molar-refractivity contribution is -0.137. The molecule has 0 saturated carbocycles. The van der Waals surface area contributed by atoms with Crippen LogP contribution in [0.25, 0.3) is 10.9 Å². The number of carbonyl (C=O) groups is 1. The fraction of sp³-hybridized carbons (Fsp3) is 0.357. The molecule has 3 nitrogen and oxygen atoms in total. The molecule has 0 radical (unpaired) electrons. The summed E-state index contributed by atoms with van der Waals surface area (Å²) in [6.07, 6.45) is 3.29. The molecule has 2 N–H and O–H groups in total. The van der Waals surface area contributed by atoms with Gasteiger partial charge < -0.3 is 10.1 Å². The van der Waals surface area contributed by atoms with Crippen LogP contribution in [-0.2, 0) is 11.2 Å². The maximum Gasteiger partial charge on any atom is 0.303 e. The summed E-state index contributed by atoms with van der Waals surface area (Å²) in [7, 11) is 0. The average Bonchev–Trinajstić information content (AvgIpc) is 2.67. The first-order chi connectivity index (χ1) is 8.65. The first-order valence-electron chi connectivity index (χ1n) is 6.17. The summed E-state index contributed by atoms with van der Waals surface area (Å²) >= 11 is 3.49. The standard InChI is InChI=1S/C14H14BrNO2/c15-9-4-5-11-10(7-9)14-8(6-13(17)18)2-1-3-12(14)16-11/h4-5,7-8,16H,1-3,6H2,(H,17,18). The largest absolute Gasteiger partial charge is 0.481 e. The molecule has 0 amide bonds. The predicted molar refractivity (Wildman–Crippen MR) is 73.9 cm³/mol. The van der Waals surface area contributed by atoms with Gasteiger partial charge in [0.05, 0.1) is 6.42 Å². The highest BCUT2D eigenvalue weighted by molar-refractivity contribution is 9.10. The Morgan fingerprint density at radius 2 is 2.33 bits per heavy atom. The van der Waals surface area contributed by atoms with E-state index in [0.717, 1.165) is 29.3 Å². The molecular weight excluding hydrogens is 294 g/mol. The third kappa shape index (κ3) is 1.94. The molecule has 94 valence electrons. The van der Waals surface area contributed by atoms with Gasteiger partial charge in [-0.2, -0.15) is 0 Å². The second kappa shape index (κ2) is 4.43. The Kier molecular flexibility index (Phi) is 2.90. The number of carboxylic acid groups (broad SMARTS) is 1. The molecule has 0 saturated heterocycles. The van der Waals surface area contributed by atoms with Crippen molar-refractivity contribution in [2.24, 2.45) is 0 Å². The first-order valence-corrected chi connectivity index (χ1v) is 6.96. The number of carboxylic acids is 1. The molecule has 1 unspecified atom stereocenters. The Morgan fingerprint density at radius 1 is 1.50 bits per heavy atom. The SMILES string of the molecule is O=C(O)CC1CCCc2[nH]c3ccc(Br)cc3c21. The van der Waals surface area contributed by atoms with Crippen molar-refractivity contribution in [3.05, 3.63) is 33.9 Å². The number of hydrogen-bond acceptors (Lipinski definition) is 1. The number of H-pyrrole nitrogens is 1. The quantitative estimate of drug-likeness (QED) is 0.886. The smallest absolute Gasteiger partial charge is 0.303 e. The second-order valence-corrected chi connectivity index (χ2v) is 5.81. The molecule has 1 aromatic carbocycles. The van der Waals surface area contributed by atoms with E-state index >= 15 is 0 Å². The monoisotopic (exact) mass is 307 g/mol. The minimum absolute atomic E-state index is 0.147. The number of hydrogen-bond donors (Lipinski definition) is 2. The first kappa shape index (κ1) is 11.8. The summed E-state index contributed by atoms with van der Waals surface area (Å²) in [4.78, 5) is 14.4. The Hall–Kier alpha value is -1.29. The third-order valence-electron chi connectivity index (χ3n) is 3.69. The van der Waals surface area contributed by atoms with E-state index in [4.69, 9.17) is 5.11 Å². The van der Waals surface area contributed by atoms with Gasteiger partial charge in [0, 0.05) is 21.1 Å². The number of nitrogens with one attached hydrogen (secondary N) is 1. The Bertz CT molecular complexity index is 618. The minimum atomic E-state index is -0.711. The minimum Gasteiger partial charge on any atom is -0.481 e. The Morgan fingerprint density at radius 3 is 3.11 bits per heavy atom. The van der Waals surface area contributed by atoms with Gasteiger partial charge in [-0.05, 0) is 48.9 Å². The molecule has 1 atom stereocenters. The zero-order chi connectivity index (χ0) is 12.7. The highest BCUT2D eigenvalue weighted by Crippen LogP contribution is 2.39. The van der Waals surface area contributed by atoms with Crippen LogP contribution in [0.15, 0.2) is 22.7 Å². The van der Waals surface area contributed by atoms with Gasteiger partial charge in [-0.25, -0.2) is 0 Å². The molecule has 1 heterocycles. The molecule has 4 heteroatoms. The van der Waals surface area contributed by atoms with Crippen LogP contribution in [0, 0.1) is 0 Å². The van der Waals surface area contributed by atoms with Crippen molar-refractivity contribution in [3.8, 4) is 0 Å². The lowest BCUT2D eigenvalue weighted by atomic mass is 9.83. The van der Waals surface area contributed by atoms with E-state index in [0.29, 0.717) is 0 Å². The molecule has 2 aromatic rings. The number of benzene rings is 1. The molecule has 1 aliphatic carbocycles. The van der Waals surface area contributed by atoms with Crippen LogP contribution in [-0.4, -0.2) is 16.1 Å². The zero-order valence-electron chi connectivity index (χ0n) is 9.87. The summed E-state index contributed by atoms with van der Waals surface area (Å²) < 4.78 is 1.04. The maximum atomic E-state index is 11.0. The van der Waals surface area contributed by atoms with Gasteiger partial charge in [0.1, 0.15) is 0 Å². The van der Waals surface area contributed by atoms with Gasteiger partial charge in [0.15, 0.2) is 0 Å². The third-order valence-corrected chi connectivity index (χ3v) is 4.18. The van der Waals surface area contributed by atoms with Gasteiger partial charge in [-0.3, -0.25) is 4.79 Å². The topological polar surface area (TPSA) is 53.1 Å². The van der Waals surface area contributed by atoms with Crippen molar-refractivity contribution in [1.29, 1.82) is 0 Å². The van der Waals surface area contributed by atoms with Gasteiger partial charge in [-0.15, -0.1) is 0 Å². The molecule has 18 heavy (non-hydrogen) atoms. The molecule has 0 fully saturated rings. The Balaban J connectivity index is 2.16. The number of fused-ring (bicyclic) bond motifs is 3. The van der Waals surface area contributed by atoms with Crippen molar-refractivity contribution in [3.63, 3.8) is 0 Å². The summed E-state index contributed by atoms with van der Waals surface area (Å²) in [5.41, 5.74) is 3.56. The van der Waals surface area contributed by atoms with E-state index in [-0.39, 0.29) is 12.3 Å². The van der Waals surface area contributed by atoms with Crippen molar-refractivity contribution >= 4 is 32.8 Å². The highest BCUT2D eigenvalue weighted by atomic mass is 79.9. The number of aliphatic carboxylic acids is 1. The predicted octanol–water partition coefficient (Wildman–Crippen LogP) is 3.83.